The molecular weight excluding hydrogens is 699 g/mol. The van der Waals surface area contributed by atoms with Crippen LogP contribution in [0.4, 0.5) is 0 Å². The number of allylic oxidation sites excluding steroid dienone is 11. The van der Waals surface area contributed by atoms with Crippen LogP contribution in [0.2, 0.25) is 0 Å². The van der Waals surface area contributed by atoms with Crippen LogP contribution < -0.4 is 10.2 Å². The SMILES string of the molecule is CC/C=C\CC(O)/C=C/C=C/C/C=C\C/C=C\C/C=C\CCC(=O)N[C@@H](COP(=O)([O-])OCC[N+](C)(C)C)[C@H](O)/C=C/CCCCCCCCCCCC. The van der Waals surface area contributed by atoms with Gasteiger partial charge in [0.25, 0.3) is 7.82 Å². The van der Waals surface area contributed by atoms with E-state index in [9.17, 15) is 24.5 Å². The zero-order valence-electron chi connectivity index (χ0n) is 34.5. The molecule has 0 aromatic heterocycles. The van der Waals surface area contributed by atoms with Gasteiger partial charge in [0.05, 0.1) is 46.0 Å². The topological polar surface area (TPSA) is 128 Å². The molecule has 4 atom stereocenters. The van der Waals surface area contributed by atoms with Gasteiger partial charge in [-0.05, 0) is 51.4 Å². The number of phosphoric acid groups is 1. The Morgan fingerprint density at radius 1 is 0.722 bits per heavy atom. The van der Waals surface area contributed by atoms with Gasteiger partial charge in [-0.2, -0.15) is 0 Å². The van der Waals surface area contributed by atoms with Gasteiger partial charge in [0.1, 0.15) is 13.2 Å². The van der Waals surface area contributed by atoms with Crippen molar-refractivity contribution in [3.05, 3.63) is 85.1 Å². The van der Waals surface area contributed by atoms with E-state index < -0.39 is 32.7 Å². The van der Waals surface area contributed by atoms with Crippen LogP contribution in [0.25, 0.3) is 0 Å². The molecule has 0 radical (unpaired) electrons. The number of carbonyl (C=O) groups is 1. The Labute approximate surface area is 329 Å². The standard InChI is InChI=1S/C44H77N2O7P/c1-6-8-10-11-12-13-14-19-22-25-28-32-36-43(48)42(40-53-54(50,51)52-39-38-46(3,4)5)45-44(49)37-33-29-26-23-20-17-15-16-18-21-24-27-31-35-41(47)34-30-9-7-2/h9,16-18,20,24,26-27,29-32,35-36,41-43,47-48H,6-8,10-15,19,21-23,25,28,33-34,37-40H2,1-5H3,(H-,45,49,50,51)/b18-16-,20-17-,27-24+,29-26-,30-9-,35-31+,36-32+/t41?,42-,43+/m0/s1. The minimum atomic E-state index is -4.62. The second-order valence-corrected chi connectivity index (χ2v) is 16.2. The molecule has 0 saturated carbocycles. The molecule has 0 fully saturated rings. The van der Waals surface area contributed by atoms with Crippen molar-refractivity contribution in [2.24, 2.45) is 0 Å². The molecule has 0 aromatic carbocycles. The number of amides is 1. The van der Waals surface area contributed by atoms with Crippen LogP contribution in [0, 0.1) is 0 Å². The number of rotatable bonds is 35. The number of quaternary nitrogens is 1. The fourth-order valence-electron chi connectivity index (χ4n) is 5.14. The fourth-order valence-corrected chi connectivity index (χ4v) is 5.86. The van der Waals surface area contributed by atoms with Crippen LogP contribution in [0.3, 0.4) is 0 Å². The third-order valence-electron chi connectivity index (χ3n) is 8.45. The average molecular weight is 777 g/mol. The molecule has 54 heavy (non-hydrogen) atoms. The van der Waals surface area contributed by atoms with Crippen molar-refractivity contribution in [2.45, 2.75) is 148 Å². The first-order chi connectivity index (χ1) is 25.9. The Morgan fingerprint density at radius 2 is 1.31 bits per heavy atom. The van der Waals surface area contributed by atoms with Crippen molar-refractivity contribution in [2.75, 3.05) is 40.9 Å². The van der Waals surface area contributed by atoms with E-state index in [4.69, 9.17) is 9.05 Å². The third kappa shape index (κ3) is 36.6. The van der Waals surface area contributed by atoms with Gasteiger partial charge in [-0.15, -0.1) is 0 Å². The molecule has 0 heterocycles. The Hall–Kier alpha value is -2.36. The normalized spacial score (nSPS) is 15.9. The summed E-state index contributed by atoms with van der Waals surface area (Å²) < 4.78 is 23.1. The van der Waals surface area contributed by atoms with E-state index in [0.717, 1.165) is 44.9 Å². The summed E-state index contributed by atoms with van der Waals surface area (Å²) in [4.78, 5) is 25.2. The van der Waals surface area contributed by atoms with Gasteiger partial charge in [0.2, 0.25) is 5.91 Å². The van der Waals surface area contributed by atoms with E-state index in [2.05, 4.69) is 49.5 Å². The number of unbranched alkanes of at least 4 members (excludes halogenated alkanes) is 10. The first-order valence-corrected chi connectivity index (χ1v) is 22.0. The molecule has 1 amide bonds. The number of aliphatic hydroxyl groups excluding tert-OH is 2. The maximum Gasteiger partial charge on any atom is 0.268 e. The number of phosphoric ester groups is 1. The number of hydrogen-bond donors (Lipinski definition) is 3. The zero-order chi connectivity index (χ0) is 40.2. The minimum Gasteiger partial charge on any atom is -0.756 e. The van der Waals surface area contributed by atoms with Gasteiger partial charge in [-0.1, -0.05) is 157 Å². The first-order valence-electron chi connectivity index (χ1n) is 20.6. The third-order valence-corrected chi connectivity index (χ3v) is 9.42. The Morgan fingerprint density at radius 3 is 1.93 bits per heavy atom. The van der Waals surface area contributed by atoms with Crippen LogP contribution in [-0.2, 0) is 18.4 Å². The van der Waals surface area contributed by atoms with E-state index in [1.807, 2.05) is 63.7 Å². The van der Waals surface area contributed by atoms with E-state index in [-0.39, 0.29) is 18.9 Å². The molecule has 0 aliphatic carbocycles. The van der Waals surface area contributed by atoms with E-state index in [1.54, 1.807) is 12.2 Å². The van der Waals surface area contributed by atoms with Crippen molar-refractivity contribution in [1.29, 1.82) is 0 Å². The highest BCUT2D eigenvalue weighted by Gasteiger charge is 2.23. The number of nitrogens with one attached hydrogen (secondary N) is 1. The molecular formula is C44H77N2O7P. The van der Waals surface area contributed by atoms with Crippen LogP contribution >= 0.6 is 7.82 Å². The van der Waals surface area contributed by atoms with E-state index in [1.165, 1.54) is 51.4 Å². The second-order valence-electron chi connectivity index (χ2n) is 14.8. The summed E-state index contributed by atoms with van der Waals surface area (Å²) in [6, 6.07) is -0.941. The number of likely N-dealkylation sites (N-methyl/N-ethyl adjacent to an activating group) is 1. The predicted octanol–water partition coefficient (Wildman–Crippen LogP) is 9.36. The number of carbonyl (C=O) groups excluding carboxylic acids is 1. The Bertz CT molecular complexity index is 1170. The lowest BCUT2D eigenvalue weighted by molar-refractivity contribution is -0.870. The molecule has 3 N–H and O–H groups in total. The van der Waals surface area contributed by atoms with Crippen LogP contribution in [-0.4, -0.2) is 79.8 Å². The molecule has 0 bridgehead atoms. The fraction of sp³-hybridized carbons (Fsp3) is 0.659. The Balaban J connectivity index is 4.67. The van der Waals surface area contributed by atoms with Gasteiger partial charge < -0.3 is 34.0 Å². The molecule has 2 unspecified atom stereocenters. The monoisotopic (exact) mass is 777 g/mol. The Kier molecular flexibility index (Phi) is 33.5. The highest BCUT2D eigenvalue weighted by Crippen LogP contribution is 2.38. The summed E-state index contributed by atoms with van der Waals surface area (Å²) in [6.07, 6.45) is 44.0. The van der Waals surface area contributed by atoms with E-state index in [0.29, 0.717) is 23.9 Å². The maximum absolute atomic E-state index is 12.8. The first kappa shape index (κ1) is 51.6. The minimum absolute atomic E-state index is 0.0263. The lowest BCUT2D eigenvalue weighted by Crippen LogP contribution is -2.45. The molecule has 310 valence electrons. The summed E-state index contributed by atoms with van der Waals surface area (Å²) >= 11 is 0. The van der Waals surface area contributed by atoms with Crippen molar-refractivity contribution < 1.29 is 38.0 Å². The quantitative estimate of drug-likeness (QED) is 0.0192. The largest absolute Gasteiger partial charge is 0.756 e. The van der Waals surface area contributed by atoms with Gasteiger partial charge in [0.15, 0.2) is 0 Å². The summed E-state index contributed by atoms with van der Waals surface area (Å²) in [5.74, 6) is -0.299. The van der Waals surface area contributed by atoms with Crippen molar-refractivity contribution in [1.82, 2.24) is 5.32 Å². The molecule has 0 aliphatic heterocycles. The predicted molar refractivity (Wildman–Crippen MR) is 225 cm³/mol. The second kappa shape index (κ2) is 35.1. The molecule has 0 aromatic rings. The molecule has 0 spiro atoms. The van der Waals surface area contributed by atoms with Crippen LogP contribution in [0.1, 0.15) is 129 Å². The smallest absolute Gasteiger partial charge is 0.268 e. The lowest BCUT2D eigenvalue weighted by Gasteiger charge is -2.29. The van der Waals surface area contributed by atoms with Gasteiger partial charge >= 0.3 is 0 Å². The van der Waals surface area contributed by atoms with Gasteiger partial charge in [-0.3, -0.25) is 9.36 Å². The van der Waals surface area contributed by atoms with Crippen molar-refractivity contribution in [3.8, 4) is 0 Å². The van der Waals surface area contributed by atoms with Gasteiger partial charge in [-0.25, -0.2) is 0 Å². The average Bonchev–Trinajstić information content (AvgIpc) is 3.11. The summed E-state index contributed by atoms with van der Waals surface area (Å²) in [6.45, 7) is 4.33. The molecule has 0 rings (SSSR count). The number of nitrogens with zero attached hydrogens (tertiary/aromatic N) is 1. The van der Waals surface area contributed by atoms with Crippen molar-refractivity contribution in [3.63, 3.8) is 0 Å². The van der Waals surface area contributed by atoms with Gasteiger partial charge in [0, 0.05) is 6.42 Å². The highest BCUT2D eigenvalue weighted by molar-refractivity contribution is 7.45. The molecule has 0 aliphatic rings. The zero-order valence-corrected chi connectivity index (χ0v) is 35.4. The molecule has 9 nitrogen and oxygen atoms in total. The highest BCUT2D eigenvalue weighted by atomic mass is 31.2. The molecule has 10 heteroatoms. The number of aliphatic hydroxyl groups is 2. The van der Waals surface area contributed by atoms with Crippen LogP contribution in [0.15, 0.2) is 85.1 Å². The number of hydrogen-bond acceptors (Lipinski definition) is 7. The summed E-state index contributed by atoms with van der Waals surface area (Å²) in [7, 11) is 1.17. The molecule has 0 saturated heterocycles. The summed E-state index contributed by atoms with van der Waals surface area (Å²) in [5, 5.41) is 23.5. The van der Waals surface area contributed by atoms with Crippen LogP contribution in [0.5, 0.6) is 0 Å². The van der Waals surface area contributed by atoms with E-state index >= 15 is 0 Å². The summed E-state index contributed by atoms with van der Waals surface area (Å²) in [5.41, 5.74) is 0. The maximum atomic E-state index is 12.8. The van der Waals surface area contributed by atoms with Crippen molar-refractivity contribution >= 4 is 13.7 Å². The lowest BCUT2D eigenvalue weighted by atomic mass is 10.1.